The first kappa shape index (κ1) is 17.6. The average molecular weight is 359 g/mol. The van der Waals surface area contributed by atoms with Gasteiger partial charge in [-0.05, 0) is 48.8 Å². The highest BCUT2D eigenvalue weighted by molar-refractivity contribution is 6.30. The van der Waals surface area contributed by atoms with E-state index < -0.39 is 0 Å². The van der Waals surface area contributed by atoms with Gasteiger partial charge in [0.2, 0.25) is 0 Å². The fraction of sp³-hybridized carbons (Fsp3) is 0.389. The van der Waals surface area contributed by atoms with Crippen molar-refractivity contribution in [2.45, 2.75) is 38.1 Å². The first-order valence-corrected chi connectivity index (χ1v) is 8.84. The van der Waals surface area contributed by atoms with Gasteiger partial charge < -0.3 is 16.2 Å². The van der Waals surface area contributed by atoms with E-state index in [0.29, 0.717) is 35.1 Å². The molecule has 1 aromatic carbocycles. The van der Waals surface area contributed by atoms with E-state index in [1.807, 2.05) is 12.1 Å². The zero-order valence-corrected chi connectivity index (χ0v) is 14.9. The molecule has 0 aliphatic heterocycles. The van der Waals surface area contributed by atoms with Gasteiger partial charge in [0.05, 0.1) is 5.56 Å². The third kappa shape index (κ3) is 3.91. The van der Waals surface area contributed by atoms with Crippen molar-refractivity contribution in [3.8, 4) is 0 Å². The first-order valence-electron chi connectivity index (χ1n) is 8.46. The van der Waals surface area contributed by atoms with Gasteiger partial charge in [-0.15, -0.1) is 0 Å². The van der Waals surface area contributed by atoms with Gasteiger partial charge in [0.1, 0.15) is 12.1 Å². The molecule has 2 aromatic rings. The maximum Gasteiger partial charge on any atom is 0.154 e. The second kappa shape index (κ2) is 7.80. The molecule has 3 atom stereocenters. The summed E-state index contributed by atoms with van der Waals surface area (Å²) in [6, 6.07) is 8.47. The van der Waals surface area contributed by atoms with Crippen LogP contribution in [-0.4, -0.2) is 22.2 Å². The fourth-order valence-corrected chi connectivity index (χ4v) is 3.72. The molecule has 0 saturated heterocycles. The van der Waals surface area contributed by atoms with Crippen LogP contribution in [0.5, 0.6) is 0 Å². The molecule has 1 aliphatic rings. The van der Waals surface area contributed by atoms with Crippen molar-refractivity contribution in [2.24, 2.45) is 11.8 Å². The molecule has 3 rings (SSSR count). The zero-order chi connectivity index (χ0) is 17.8. The Morgan fingerprint density at radius 3 is 2.64 bits per heavy atom. The Kier molecular flexibility index (Phi) is 5.50. The number of aromatic nitrogens is 2. The summed E-state index contributed by atoms with van der Waals surface area (Å²) in [5.74, 6) is 7.66. The van der Waals surface area contributed by atoms with E-state index in [0.717, 1.165) is 24.3 Å². The van der Waals surface area contributed by atoms with Gasteiger partial charge >= 0.3 is 0 Å². The van der Waals surface area contributed by atoms with Crippen molar-refractivity contribution in [3.05, 3.63) is 46.7 Å². The molecule has 0 amide bonds. The Balaban J connectivity index is 1.67. The molecule has 1 aliphatic carbocycles. The fourth-order valence-electron chi connectivity index (χ4n) is 3.60. The van der Waals surface area contributed by atoms with Crippen LogP contribution >= 0.6 is 11.6 Å². The first-order chi connectivity index (χ1) is 12.1. The lowest BCUT2D eigenvalue weighted by atomic mass is 9.86. The predicted molar refractivity (Wildman–Crippen MR) is 102 cm³/mol. The summed E-state index contributed by atoms with van der Waals surface area (Å²) in [5, 5.41) is 11.8. The summed E-state index contributed by atoms with van der Waals surface area (Å²) in [6.45, 7) is 2.28. The molecule has 0 radical (unpaired) electrons. The molecular weight excluding hydrogens is 336 g/mol. The van der Waals surface area contributed by atoms with Crippen molar-refractivity contribution >= 4 is 29.5 Å². The standard InChI is InChI=1S/C18H23ClN6/c1-11(12-2-5-14(19)6-3-12)13-4-7-15(8-13)24-17-16(9-20)18(25-21)23-10-22-17/h2-3,5-6,9-11,13,15,20H,4,7-8,21H2,1H3,(H2,22,23,24,25)/t11-,13?,15?/m1/s1. The largest absolute Gasteiger partial charge is 0.367 e. The molecule has 25 heavy (non-hydrogen) atoms. The maximum absolute atomic E-state index is 7.59. The van der Waals surface area contributed by atoms with Crippen LogP contribution in [-0.2, 0) is 0 Å². The highest BCUT2D eigenvalue weighted by Crippen LogP contribution is 2.38. The molecule has 1 aromatic heterocycles. The highest BCUT2D eigenvalue weighted by atomic mass is 35.5. The van der Waals surface area contributed by atoms with Gasteiger partial charge in [-0.3, -0.25) is 0 Å². The summed E-state index contributed by atoms with van der Waals surface area (Å²) in [5.41, 5.74) is 4.42. The zero-order valence-electron chi connectivity index (χ0n) is 14.2. The molecule has 0 spiro atoms. The Morgan fingerprint density at radius 2 is 1.96 bits per heavy atom. The number of nitrogen functional groups attached to an aromatic ring is 1. The maximum atomic E-state index is 7.59. The van der Waals surface area contributed by atoms with Crippen LogP contribution in [0.2, 0.25) is 5.02 Å². The van der Waals surface area contributed by atoms with Gasteiger partial charge in [-0.2, -0.15) is 0 Å². The number of hydrogen-bond acceptors (Lipinski definition) is 6. The number of rotatable bonds is 6. The molecule has 1 fully saturated rings. The van der Waals surface area contributed by atoms with Crippen LogP contribution in [0.4, 0.5) is 11.6 Å². The van der Waals surface area contributed by atoms with Gasteiger partial charge in [0.15, 0.2) is 5.82 Å². The van der Waals surface area contributed by atoms with Gasteiger partial charge in [-0.1, -0.05) is 30.7 Å². The molecule has 5 N–H and O–H groups in total. The second-order valence-electron chi connectivity index (χ2n) is 6.53. The lowest BCUT2D eigenvalue weighted by Crippen LogP contribution is -2.20. The molecular formula is C18H23ClN6. The summed E-state index contributed by atoms with van der Waals surface area (Å²) >= 11 is 5.99. The molecule has 2 unspecified atom stereocenters. The minimum Gasteiger partial charge on any atom is -0.367 e. The van der Waals surface area contributed by atoms with E-state index in [-0.39, 0.29) is 0 Å². The van der Waals surface area contributed by atoms with Gasteiger partial charge in [0, 0.05) is 17.3 Å². The Morgan fingerprint density at radius 1 is 1.24 bits per heavy atom. The molecule has 1 saturated carbocycles. The predicted octanol–water partition coefficient (Wildman–Crippen LogP) is 3.80. The SMILES string of the molecule is C[C@H](c1ccc(Cl)cc1)C1CCC(Nc2ncnc(NN)c2C=N)C1. The quantitative estimate of drug-likeness (QED) is 0.357. The minimum atomic E-state index is 0.332. The third-order valence-corrected chi connectivity index (χ3v) is 5.33. The number of anilines is 2. The van der Waals surface area contributed by atoms with Crippen LogP contribution in [0, 0.1) is 11.3 Å². The van der Waals surface area contributed by atoms with Crippen molar-refractivity contribution in [3.63, 3.8) is 0 Å². The summed E-state index contributed by atoms with van der Waals surface area (Å²) in [6.07, 6.45) is 5.98. The van der Waals surface area contributed by atoms with Crippen LogP contribution in [0.15, 0.2) is 30.6 Å². The summed E-state index contributed by atoms with van der Waals surface area (Å²) in [7, 11) is 0. The van der Waals surface area contributed by atoms with E-state index >= 15 is 0 Å². The Labute approximate surface area is 152 Å². The monoisotopic (exact) mass is 358 g/mol. The molecule has 7 heteroatoms. The summed E-state index contributed by atoms with van der Waals surface area (Å²) < 4.78 is 0. The number of hydrogen-bond donors (Lipinski definition) is 4. The lowest BCUT2D eigenvalue weighted by Gasteiger charge is -2.21. The number of nitrogens with zero attached hydrogens (tertiary/aromatic N) is 2. The number of nitrogens with one attached hydrogen (secondary N) is 3. The van der Waals surface area contributed by atoms with Crippen LogP contribution in [0.25, 0.3) is 0 Å². The normalized spacial score (nSPS) is 20.9. The molecule has 1 heterocycles. The van der Waals surface area contributed by atoms with E-state index in [2.05, 4.69) is 39.8 Å². The van der Waals surface area contributed by atoms with Crippen molar-refractivity contribution in [1.82, 2.24) is 9.97 Å². The Hall–Kier alpha value is -2.18. The van der Waals surface area contributed by atoms with Crippen LogP contribution in [0.1, 0.15) is 43.2 Å². The molecule has 6 nitrogen and oxygen atoms in total. The van der Waals surface area contributed by atoms with E-state index in [1.54, 1.807) is 0 Å². The lowest BCUT2D eigenvalue weighted by molar-refractivity contribution is 0.457. The van der Waals surface area contributed by atoms with E-state index in [4.69, 9.17) is 22.9 Å². The molecule has 132 valence electrons. The van der Waals surface area contributed by atoms with Crippen molar-refractivity contribution in [1.29, 1.82) is 5.41 Å². The van der Waals surface area contributed by atoms with Gasteiger partial charge in [-0.25, -0.2) is 15.8 Å². The topological polar surface area (TPSA) is 99.7 Å². The van der Waals surface area contributed by atoms with Gasteiger partial charge in [0.25, 0.3) is 0 Å². The minimum absolute atomic E-state index is 0.332. The van der Waals surface area contributed by atoms with Crippen LogP contribution < -0.4 is 16.6 Å². The van der Waals surface area contributed by atoms with Crippen LogP contribution in [0.3, 0.4) is 0 Å². The number of hydrazine groups is 1. The number of halogens is 1. The highest BCUT2D eigenvalue weighted by Gasteiger charge is 2.30. The van der Waals surface area contributed by atoms with E-state index in [1.165, 1.54) is 18.1 Å². The van der Waals surface area contributed by atoms with Crippen molar-refractivity contribution in [2.75, 3.05) is 10.7 Å². The number of benzene rings is 1. The third-order valence-electron chi connectivity index (χ3n) is 5.08. The number of nitrogens with two attached hydrogens (primary N) is 1. The smallest absolute Gasteiger partial charge is 0.154 e. The second-order valence-corrected chi connectivity index (χ2v) is 6.96. The van der Waals surface area contributed by atoms with E-state index in [9.17, 15) is 0 Å². The average Bonchev–Trinajstić information content (AvgIpc) is 3.10. The Bertz CT molecular complexity index is 733. The molecule has 0 bridgehead atoms. The summed E-state index contributed by atoms with van der Waals surface area (Å²) in [4.78, 5) is 8.32. The van der Waals surface area contributed by atoms with Crippen molar-refractivity contribution < 1.29 is 0 Å².